The molecule has 3 rings (SSSR count). The smallest absolute Gasteiger partial charge is 0.123 e. The van der Waals surface area contributed by atoms with E-state index in [1.54, 1.807) is 12.1 Å². The van der Waals surface area contributed by atoms with Gasteiger partial charge in [0.2, 0.25) is 0 Å². The summed E-state index contributed by atoms with van der Waals surface area (Å²) in [5.41, 5.74) is 4.45. The van der Waals surface area contributed by atoms with Crippen molar-refractivity contribution in [2.75, 3.05) is 0 Å². The van der Waals surface area contributed by atoms with Gasteiger partial charge < -0.3 is 4.79 Å². The van der Waals surface area contributed by atoms with Gasteiger partial charge in [-0.05, 0) is 49.9 Å². The number of hydrogen-bond donors (Lipinski definition) is 0. The molecule has 1 aromatic carbocycles. The normalized spacial score (nSPS) is 14.5. The molecule has 3 nitrogen and oxygen atoms in total. The van der Waals surface area contributed by atoms with E-state index in [4.69, 9.17) is 5.10 Å². The Bertz CT molecular complexity index is 631. The molecule has 0 radical (unpaired) electrons. The molecule has 1 aliphatic rings. The van der Waals surface area contributed by atoms with Gasteiger partial charge in [0.05, 0.1) is 5.69 Å². The lowest BCUT2D eigenvalue weighted by Gasteiger charge is -2.04. The summed E-state index contributed by atoms with van der Waals surface area (Å²) < 4.78 is 15.1. The first-order chi connectivity index (χ1) is 10.3. The van der Waals surface area contributed by atoms with Gasteiger partial charge in [0, 0.05) is 29.8 Å². The lowest BCUT2D eigenvalue weighted by atomic mass is 10.0. The van der Waals surface area contributed by atoms with Crippen molar-refractivity contribution < 1.29 is 9.18 Å². The van der Waals surface area contributed by atoms with E-state index in [0.29, 0.717) is 13.0 Å². The number of carbonyl (C=O) groups excluding carboxylic acids is 1. The Morgan fingerprint density at radius 1 is 1.14 bits per heavy atom. The van der Waals surface area contributed by atoms with Crippen LogP contribution >= 0.6 is 0 Å². The fourth-order valence-corrected chi connectivity index (χ4v) is 3.05. The van der Waals surface area contributed by atoms with Crippen molar-refractivity contribution in [2.24, 2.45) is 0 Å². The molecule has 0 spiro atoms. The van der Waals surface area contributed by atoms with Crippen molar-refractivity contribution >= 4 is 6.29 Å². The van der Waals surface area contributed by atoms with Crippen LogP contribution in [0.25, 0.3) is 11.3 Å². The summed E-state index contributed by atoms with van der Waals surface area (Å²) in [7, 11) is 0. The molecule has 1 aliphatic carbocycles. The Kier molecular flexibility index (Phi) is 4.13. The molecular weight excluding hydrogens is 267 g/mol. The highest BCUT2D eigenvalue weighted by Gasteiger charge is 2.20. The summed E-state index contributed by atoms with van der Waals surface area (Å²) in [4.78, 5) is 10.6. The maximum atomic E-state index is 13.1. The quantitative estimate of drug-likeness (QED) is 0.636. The summed E-state index contributed by atoms with van der Waals surface area (Å²) in [6, 6.07) is 6.52. The van der Waals surface area contributed by atoms with Crippen LogP contribution in [0, 0.1) is 5.82 Å². The van der Waals surface area contributed by atoms with E-state index >= 15 is 0 Å². The molecule has 110 valence electrons. The van der Waals surface area contributed by atoms with Crippen LogP contribution in [0.1, 0.15) is 36.9 Å². The molecule has 0 fully saturated rings. The Hall–Kier alpha value is -1.97. The minimum Gasteiger partial charge on any atom is -0.303 e. The van der Waals surface area contributed by atoms with Crippen LogP contribution in [0.5, 0.6) is 0 Å². The Morgan fingerprint density at radius 3 is 2.67 bits per heavy atom. The van der Waals surface area contributed by atoms with Crippen LogP contribution in [0.3, 0.4) is 0 Å². The van der Waals surface area contributed by atoms with Crippen LogP contribution in [-0.2, 0) is 24.2 Å². The number of benzene rings is 1. The van der Waals surface area contributed by atoms with Crippen LogP contribution in [0.15, 0.2) is 24.3 Å². The number of nitrogens with zero attached hydrogens (tertiary/aromatic N) is 2. The largest absolute Gasteiger partial charge is 0.303 e. The van der Waals surface area contributed by atoms with Gasteiger partial charge >= 0.3 is 0 Å². The molecule has 0 bridgehead atoms. The van der Waals surface area contributed by atoms with Crippen molar-refractivity contribution in [2.45, 2.75) is 45.1 Å². The van der Waals surface area contributed by atoms with E-state index in [0.717, 1.165) is 30.4 Å². The third-order valence-corrected chi connectivity index (χ3v) is 4.08. The highest BCUT2D eigenvalue weighted by atomic mass is 19.1. The van der Waals surface area contributed by atoms with Crippen LogP contribution in [0.4, 0.5) is 4.39 Å². The standard InChI is InChI=1S/C17H19FN2O/c18-14-9-7-13(8-10-14)17-15-5-2-1-3-6-16(15)20(19-17)11-4-12-21/h7-10,12H,1-6,11H2. The highest BCUT2D eigenvalue weighted by molar-refractivity contribution is 5.64. The maximum absolute atomic E-state index is 13.1. The van der Waals surface area contributed by atoms with E-state index in [-0.39, 0.29) is 5.82 Å². The lowest BCUT2D eigenvalue weighted by Crippen LogP contribution is -2.06. The van der Waals surface area contributed by atoms with E-state index in [2.05, 4.69) is 0 Å². The first kappa shape index (κ1) is 14.0. The molecule has 0 atom stereocenters. The zero-order valence-corrected chi connectivity index (χ0v) is 12.0. The third kappa shape index (κ3) is 2.89. The second-order valence-electron chi connectivity index (χ2n) is 5.52. The fourth-order valence-electron chi connectivity index (χ4n) is 3.05. The number of aldehydes is 1. The van der Waals surface area contributed by atoms with Crippen molar-refractivity contribution in [1.29, 1.82) is 0 Å². The van der Waals surface area contributed by atoms with Gasteiger partial charge in [-0.15, -0.1) is 0 Å². The minimum absolute atomic E-state index is 0.231. The fraction of sp³-hybridized carbons (Fsp3) is 0.412. The van der Waals surface area contributed by atoms with E-state index in [9.17, 15) is 9.18 Å². The molecule has 0 amide bonds. The number of aromatic nitrogens is 2. The number of carbonyl (C=O) groups is 1. The van der Waals surface area contributed by atoms with Gasteiger partial charge in [-0.1, -0.05) is 6.42 Å². The Balaban J connectivity index is 2.04. The SMILES string of the molecule is O=CCCn1nc(-c2ccc(F)cc2)c2c1CCCCC2. The number of aryl methyl sites for hydroxylation is 1. The molecule has 21 heavy (non-hydrogen) atoms. The second kappa shape index (κ2) is 6.20. The monoisotopic (exact) mass is 286 g/mol. The number of fused-ring (bicyclic) bond motifs is 1. The average Bonchev–Trinajstić information content (AvgIpc) is 2.68. The molecule has 0 N–H and O–H groups in total. The van der Waals surface area contributed by atoms with E-state index in [1.165, 1.54) is 42.7 Å². The lowest BCUT2D eigenvalue weighted by molar-refractivity contribution is -0.108. The number of rotatable bonds is 4. The topological polar surface area (TPSA) is 34.9 Å². The Morgan fingerprint density at radius 2 is 1.90 bits per heavy atom. The summed E-state index contributed by atoms with van der Waals surface area (Å²) in [5.74, 6) is -0.231. The van der Waals surface area contributed by atoms with Gasteiger partial charge in [-0.3, -0.25) is 4.68 Å². The summed E-state index contributed by atoms with van der Waals surface area (Å²) >= 11 is 0. The molecule has 0 aliphatic heterocycles. The van der Waals surface area contributed by atoms with Crippen molar-refractivity contribution in [1.82, 2.24) is 9.78 Å². The molecule has 2 aromatic rings. The van der Waals surface area contributed by atoms with Gasteiger partial charge in [0.25, 0.3) is 0 Å². The predicted octanol–water partition coefficient (Wildman–Crippen LogP) is 3.55. The molecule has 4 heteroatoms. The molecule has 0 saturated carbocycles. The van der Waals surface area contributed by atoms with Gasteiger partial charge in [-0.2, -0.15) is 5.10 Å². The molecular formula is C17H19FN2O. The second-order valence-corrected chi connectivity index (χ2v) is 5.52. The minimum atomic E-state index is -0.231. The van der Waals surface area contributed by atoms with Crippen molar-refractivity contribution in [3.63, 3.8) is 0 Å². The third-order valence-electron chi connectivity index (χ3n) is 4.08. The van der Waals surface area contributed by atoms with Crippen molar-refractivity contribution in [3.05, 3.63) is 41.3 Å². The first-order valence-corrected chi connectivity index (χ1v) is 7.57. The van der Waals surface area contributed by atoms with Crippen LogP contribution in [-0.4, -0.2) is 16.1 Å². The van der Waals surface area contributed by atoms with E-state index < -0.39 is 0 Å². The Labute approximate surface area is 123 Å². The zero-order valence-electron chi connectivity index (χ0n) is 12.0. The predicted molar refractivity (Wildman–Crippen MR) is 79.6 cm³/mol. The van der Waals surface area contributed by atoms with E-state index in [1.807, 2.05) is 4.68 Å². The maximum Gasteiger partial charge on any atom is 0.123 e. The number of hydrogen-bond acceptors (Lipinski definition) is 2. The zero-order chi connectivity index (χ0) is 14.7. The summed E-state index contributed by atoms with van der Waals surface area (Å²) in [6.07, 6.45) is 7.01. The first-order valence-electron chi connectivity index (χ1n) is 7.57. The van der Waals surface area contributed by atoms with Gasteiger partial charge in [0.1, 0.15) is 12.1 Å². The molecule has 1 heterocycles. The average molecular weight is 286 g/mol. The highest BCUT2D eigenvalue weighted by Crippen LogP contribution is 2.30. The molecule has 1 aromatic heterocycles. The number of halogens is 1. The summed E-state index contributed by atoms with van der Waals surface area (Å²) in [5, 5.41) is 4.71. The molecule has 0 saturated heterocycles. The van der Waals surface area contributed by atoms with Crippen LogP contribution in [0.2, 0.25) is 0 Å². The van der Waals surface area contributed by atoms with Crippen molar-refractivity contribution in [3.8, 4) is 11.3 Å². The summed E-state index contributed by atoms with van der Waals surface area (Å²) in [6.45, 7) is 0.632. The van der Waals surface area contributed by atoms with Crippen LogP contribution < -0.4 is 0 Å². The molecule has 0 unspecified atom stereocenters. The van der Waals surface area contributed by atoms with Gasteiger partial charge in [-0.25, -0.2) is 4.39 Å². The van der Waals surface area contributed by atoms with Gasteiger partial charge in [0.15, 0.2) is 0 Å².